The zero-order chi connectivity index (χ0) is 14.6. The Kier molecular flexibility index (Phi) is 5.79. The van der Waals surface area contributed by atoms with Crippen LogP contribution in [0.1, 0.15) is 40.5 Å². The molecule has 0 spiro atoms. The van der Waals surface area contributed by atoms with Gasteiger partial charge in [-0.05, 0) is 46.5 Å². The van der Waals surface area contributed by atoms with E-state index in [1.54, 1.807) is 4.90 Å². The number of aliphatic carboxylic acids is 1. The van der Waals surface area contributed by atoms with Gasteiger partial charge in [0, 0.05) is 18.6 Å². The maximum absolute atomic E-state index is 12.3. The Bertz CT molecular complexity index is 317. The fourth-order valence-corrected chi connectivity index (χ4v) is 2.49. The standard InChI is InChI=1S/C14H26N2O3/c1-10(2)16(11(3)4)13(17)8-15(9-14(18)19)7-12-5-6-12/h10-12H,5-9H2,1-4H3,(H,18,19). The first kappa shape index (κ1) is 16.0. The second-order valence-electron chi connectivity index (χ2n) is 6.00. The highest BCUT2D eigenvalue weighted by Gasteiger charge is 2.28. The van der Waals surface area contributed by atoms with Crippen molar-refractivity contribution >= 4 is 11.9 Å². The van der Waals surface area contributed by atoms with E-state index < -0.39 is 5.97 Å². The van der Waals surface area contributed by atoms with E-state index in [0.717, 1.165) is 19.4 Å². The number of hydrogen-bond donors (Lipinski definition) is 1. The molecule has 1 aliphatic rings. The smallest absolute Gasteiger partial charge is 0.317 e. The second kappa shape index (κ2) is 6.89. The van der Waals surface area contributed by atoms with Crippen molar-refractivity contribution in [3.63, 3.8) is 0 Å². The van der Waals surface area contributed by atoms with Crippen LogP contribution in [0.15, 0.2) is 0 Å². The van der Waals surface area contributed by atoms with E-state index in [1.165, 1.54) is 0 Å². The van der Waals surface area contributed by atoms with Crippen molar-refractivity contribution in [2.75, 3.05) is 19.6 Å². The summed E-state index contributed by atoms with van der Waals surface area (Å²) >= 11 is 0. The number of rotatable bonds is 8. The molecule has 0 aliphatic heterocycles. The van der Waals surface area contributed by atoms with Crippen molar-refractivity contribution in [3.05, 3.63) is 0 Å². The molecule has 0 unspecified atom stereocenters. The highest BCUT2D eigenvalue weighted by molar-refractivity contribution is 5.79. The van der Waals surface area contributed by atoms with Gasteiger partial charge in [0.25, 0.3) is 0 Å². The molecule has 5 nitrogen and oxygen atoms in total. The lowest BCUT2D eigenvalue weighted by molar-refractivity contribution is -0.140. The van der Waals surface area contributed by atoms with Crippen molar-refractivity contribution in [2.45, 2.75) is 52.6 Å². The first-order valence-corrected chi connectivity index (χ1v) is 7.06. The average Bonchev–Trinajstić information content (AvgIpc) is 2.98. The van der Waals surface area contributed by atoms with Crippen LogP contribution in [0.25, 0.3) is 0 Å². The predicted octanol–water partition coefficient (Wildman–Crippen LogP) is 1.43. The second-order valence-corrected chi connectivity index (χ2v) is 6.00. The molecule has 0 aromatic carbocycles. The summed E-state index contributed by atoms with van der Waals surface area (Å²) in [5.74, 6) is -0.264. The summed E-state index contributed by atoms with van der Waals surface area (Å²) in [6.45, 7) is 8.83. The van der Waals surface area contributed by atoms with Crippen LogP contribution in [-0.4, -0.2) is 58.5 Å². The van der Waals surface area contributed by atoms with Crippen LogP contribution in [0.4, 0.5) is 0 Å². The van der Waals surface area contributed by atoms with Crippen molar-refractivity contribution in [3.8, 4) is 0 Å². The van der Waals surface area contributed by atoms with Crippen LogP contribution in [0.5, 0.6) is 0 Å². The topological polar surface area (TPSA) is 60.9 Å². The summed E-state index contributed by atoms with van der Waals surface area (Å²) in [5, 5.41) is 8.92. The summed E-state index contributed by atoms with van der Waals surface area (Å²) < 4.78 is 0. The van der Waals surface area contributed by atoms with Crippen LogP contribution in [0, 0.1) is 5.92 Å². The fourth-order valence-electron chi connectivity index (χ4n) is 2.49. The molecule has 1 amide bonds. The van der Waals surface area contributed by atoms with Crippen LogP contribution < -0.4 is 0 Å². The fraction of sp³-hybridized carbons (Fsp3) is 0.857. The van der Waals surface area contributed by atoms with Gasteiger partial charge in [-0.1, -0.05) is 0 Å². The summed E-state index contributed by atoms with van der Waals surface area (Å²) in [6.07, 6.45) is 2.31. The van der Waals surface area contributed by atoms with Gasteiger partial charge in [0.2, 0.25) is 5.91 Å². The first-order chi connectivity index (χ1) is 8.81. The third-order valence-corrected chi connectivity index (χ3v) is 3.33. The molecule has 0 saturated heterocycles. The van der Waals surface area contributed by atoms with Gasteiger partial charge in [-0.15, -0.1) is 0 Å². The largest absolute Gasteiger partial charge is 0.480 e. The van der Waals surface area contributed by atoms with Gasteiger partial charge in [-0.3, -0.25) is 14.5 Å². The van der Waals surface area contributed by atoms with E-state index in [4.69, 9.17) is 5.11 Å². The third kappa shape index (κ3) is 5.59. The summed E-state index contributed by atoms with van der Waals surface area (Å²) in [6, 6.07) is 0.278. The average molecular weight is 270 g/mol. The lowest BCUT2D eigenvalue weighted by atomic mass is 10.2. The maximum Gasteiger partial charge on any atom is 0.317 e. The quantitative estimate of drug-likeness (QED) is 0.725. The minimum atomic E-state index is -0.867. The van der Waals surface area contributed by atoms with Crippen molar-refractivity contribution in [1.29, 1.82) is 0 Å². The van der Waals surface area contributed by atoms with E-state index in [2.05, 4.69) is 0 Å². The predicted molar refractivity (Wildman–Crippen MR) is 73.9 cm³/mol. The molecule has 0 radical (unpaired) electrons. The number of carboxylic acid groups (broad SMARTS) is 1. The molecule has 1 aliphatic carbocycles. The van der Waals surface area contributed by atoms with Crippen LogP contribution in [0.2, 0.25) is 0 Å². The zero-order valence-corrected chi connectivity index (χ0v) is 12.4. The van der Waals surface area contributed by atoms with Gasteiger partial charge in [0.15, 0.2) is 0 Å². The van der Waals surface area contributed by atoms with Crippen LogP contribution >= 0.6 is 0 Å². The van der Waals surface area contributed by atoms with E-state index in [-0.39, 0.29) is 31.1 Å². The Morgan fingerprint density at radius 1 is 1.11 bits per heavy atom. The minimum absolute atomic E-state index is 0.0203. The molecular weight excluding hydrogens is 244 g/mol. The SMILES string of the molecule is CC(C)N(C(=O)CN(CC(=O)O)CC1CC1)C(C)C. The number of amides is 1. The van der Waals surface area contributed by atoms with E-state index in [1.807, 2.05) is 32.6 Å². The molecule has 1 N–H and O–H groups in total. The number of carboxylic acids is 1. The van der Waals surface area contributed by atoms with E-state index in [9.17, 15) is 9.59 Å². The first-order valence-electron chi connectivity index (χ1n) is 7.06. The normalized spacial score (nSPS) is 15.3. The molecule has 1 rings (SSSR count). The summed E-state index contributed by atoms with van der Waals surface area (Å²) in [5.41, 5.74) is 0. The number of carbonyl (C=O) groups is 2. The molecule has 1 fully saturated rings. The van der Waals surface area contributed by atoms with Gasteiger partial charge in [0.1, 0.15) is 0 Å². The highest BCUT2D eigenvalue weighted by Crippen LogP contribution is 2.29. The molecule has 0 bridgehead atoms. The lowest BCUT2D eigenvalue weighted by Crippen LogP contribution is -2.48. The van der Waals surface area contributed by atoms with E-state index >= 15 is 0 Å². The Morgan fingerprint density at radius 2 is 1.63 bits per heavy atom. The molecule has 0 heterocycles. The molecule has 0 aromatic rings. The highest BCUT2D eigenvalue weighted by atomic mass is 16.4. The molecule has 110 valence electrons. The molecule has 0 atom stereocenters. The van der Waals surface area contributed by atoms with Crippen molar-refractivity contribution in [1.82, 2.24) is 9.80 Å². The van der Waals surface area contributed by atoms with Gasteiger partial charge in [0.05, 0.1) is 13.1 Å². The maximum atomic E-state index is 12.3. The number of carbonyl (C=O) groups excluding carboxylic acids is 1. The zero-order valence-electron chi connectivity index (χ0n) is 12.4. The molecular formula is C14H26N2O3. The van der Waals surface area contributed by atoms with Crippen LogP contribution in [0.3, 0.4) is 0 Å². The Morgan fingerprint density at radius 3 is 2.00 bits per heavy atom. The molecule has 5 heteroatoms. The molecule has 19 heavy (non-hydrogen) atoms. The van der Waals surface area contributed by atoms with Crippen LogP contribution in [-0.2, 0) is 9.59 Å². The van der Waals surface area contributed by atoms with Gasteiger partial charge < -0.3 is 10.0 Å². The van der Waals surface area contributed by atoms with Crippen molar-refractivity contribution in [2.24, 2.45) is 5.92 Å². The minimum Gasteiger partial charge on any atom is -0.480 e. The van der Waals surface area contributed by atoms with Gasteiger partial charge >= 0.3 is 5.97 Å². The summed E-state index contributed by atoms with van der Waals surface area (Å²) in [4.78, 5) is 26.8. The summed E-state index contributed by atoms with van der Waals surface area (Å²) in [7, 11) is 0. The Hall–Kier alpha value is -1.10. The van der Waals surface area contributed by atoms with Gasteiger partial charge in [-0.2, -0.15) is 0 Å². The third-order valence-electron chi connectivity index (χ3n) is 3.33. The monoisotopic (exact) mass is 270 g/mol. The number of hydrogen-bond acceptors (Lipinski definition) is 3. The Balaban J connectivity index is 2.59. The van der Waals surface area contributed by atoms with E-state index in [0.29, 0.717) is 5.92 Å². The number of nitrogens with zero attached hydrogens (tertiary/aromatic N) is 2. The van der Waals surface area contributed by atoms with Crippen molar-refractivity contribution < 1.29 is 14.7 Å². The Labute approximate surface area is 115 Å². The molecule has 0 aromatic heterocycles. The van der Waals surface area contributed by atoms with Gasteiger partial charge in [-0.25, -0.2) is 0 Å². The molecule has 1 saturated carbocycles. The lowest BCUT2D eigenvalue weighted by Gasteiger charge is -2.33.